The van der Waals surface area contributed by atoms with Crippen molar-refractivity contribution in [3.05, 3.63) is 22.8 Å². The van der Waals surface area contributed by atoms with Crippen LogP contribution in [0.25, 0.3) is 10.4 Å². The molecular formula is C8H11N3O3. The Morgan fingerprint density at radius 2 is 2.57 bits per heavy atom. The zero-order chi connectivity index (χ0) is 10.6. The Morgan fingerprint density at radius 1 is 1.86 bits per heavy atom. The zero-order valence-electron chi connectivity index (χ0n) is 8.01. The number of carbonyl (C=O) groups excluding carboxylic acids is 1. The summed E-state index contributed by atoms with van der Waals surface area (Å²) >= 11 is 0. The fraction of sp³-hybridized carbons (Fsp3) is 0.625. The van der Waals surface area contributed by atoms with Gasteiger partial charge >= 0.3 is 5.97 Å². The van der Waals surface area contributed by atoms with E-state index >= 15 is 0 Å². The lowest BCUT2D eigenvalue weighted by atomic mass is 9.96. The van der Waals surface area contributed by atoms with Gasteiger partial charge in [-0.25, -0.2) is 0 Å². The van der Waals surface area contributed by atoms with Crippen LogP contribution in [-0.4, -0.2) is 24.2 Å². The molecular weight excluding hydrogens is 186 g/mol. The molecule has 1 heterocycles. The van der Waals surface area contributed by atoms with Crippen LogP contribution < -0.4 is 0 Å². The van der Waals surface area contributed by atoms with Gasteiger partial charge in [-0.15, -0.1) is 0 Å². The highest BCUT2D eigenvalue weighted by Crippen LogP contribution is 2.24. The molecule has 0 bridgehead atoms. The van der Waals surface area contributed by atoms with Gasteiger partial charge in [-0.1, -0.05) is 5.11 Å². The van der Waals surface area contributed by atoms with E-state index in [-0.39, 0.29) is 6.61 Å². The Morgan fingerprint density at radius 3 is 3.14 bits per heavy atom. The molecule has 0 saturated heterocycles. The number of azide groups is 1. The highest BCUT2D eigenvalue weighted by molar-refractivity contribution is 5.66. The molecule has 14 heavy (non-hydrogen) atoms. The molecule has 6 nitrogen and oxygen atoms in total. The van der Waals surface area contributed by atoms with Crippen LogP contribution in [0.5, 0.6) is 0 Å². The molecule has 76 valence electrons. The Labute approximate surface area is 81.1 Å². The van der Waals surface area contributed by atoms with E-state index in [1.807, 2.05) is 0 Å². The fourth-order valence-electron chi connectivity index (χ4n) is 1.27. The average Bonchev–Trinajstić information content (AvgIpc) is 2.08. The van der Waals surface area contributed by atoms with Crippen LogP contribution in [0.15, 0.2) is 17.5 Å². The van der Waals surface area contributed by atoms with Crippen molar-refractivity contribution < 1.29 is 14.3 Å². The molecule has 2 unspecified atom stereocenters. The summed E-state index contributed by atoms with van der Waals surface area (Å²) in [6.45, 7) is 3.15. The van der Waals surface area contributed by atoms with E-state index in [1.54, 1.807) is 13.0 Å². The highest BCUT2D eigenvalue weighted by atomic mass is 16.6. The maximum atomic E-state index is 10.8. The lowest BCUT2D eigenvalue weighted by Gasteiger charge is -2.34. The second-order valence-electron chi connectivity index (χ2n) is 3.20. The van der Waals surface area contributed by atoms with Crippen LogP contribution in [0.1, 0.15) is 13.8 Å². The third-order valence-electron chi connectivity index (χ3n) is 1.91. The fourth-order valence-corrected chi connectivity index (χ4v) is 1.27. The average molecular weight is 197 g/mol. The van der Waals surface area contributed by atoms with Gasteiger partial charge in [0.15, 0.2) is 5.60 Å². The van der Waals surface area contributed by atoms with Crippen molar-refractivity contribution >= 4 is 5.97 Å². The number of esters is 1. The number of nitrogens with zero attached hydrogens (tertiary/aromatic N) is 3. The first kappa shape index (κ1) is 10.4. The van der Waals surface area contributed by atoms with E-state index in [0.717, 1.165) is 0 Å². The zero-order valence-corrected chi connectivity index (χ0v) is 8.01. The minimum Gasteiger partial charge on any atom is -0.497 e. The topological polar surface area (TPSA) is 84.3 Å². The second-order valence-corrected chi connectivity index (χ2v) is 3.20. The van der Waals surface area contributed by atoms with E-state index in [4.69, 9.17) is 15.0 Å². The largest absolute Gasteiger partial charge is 0.497 e. The maximum Gasteiger partial charge on any atom is 0.303 e. The van der Waals surface area contributed by atoms with Gasteiger partial charge in [0.05, 0.1) is 6.26 Å². The first-order chi connectivity index (χ1) is 6.58. The van der Waals surface area contributed by atoms with E-state index in [1.165, 1.54) is 13.2 Å². The molecule has 0 saturated carbocycles. The van der Waals surface area contributed by atoms with Crippen molar-refractivity contribution in [1.82, 2.24) is 0 Å². The van der Waals surface area contributed by atoms with E-state index in [2.05, 4.69) is 10.0 Å². The van der Waals surface area contributed by atoms with Crippen LogP contribution in [-0.2, 0) is 14.3 Å². The number of hydrogen-bond acceptors (Lipinski definition) is 4. The van der Waals surface area contributed by atoms with Crippen LogP contribution in [0.4, 0.5) is 0 Å². The summed E-state index contributed by atoms with van der Waals surface area (Å²) in [6, 6.07) is -0.523. The first-order valence-corrected chi connectivity index (χ1v) is 4.10. The summed E-state index contributed by atoms with van der Waals surface area (Å²) in [5.41, 5.74) is 7.42. The monoisotopic (exact) mass is 197 g/mol. The summed E-state index contributed by atoms with van der Waals surface area (Å²) < 4.78 is 10.1. The number of carbonyl (C=O) groups is 1. The molecule has 0 spiro atoms. The van der Waals surface area contributed by atoms with E-state index in [9.17, 15) is 4.79 Å². The molecule has 2 atom stereocenters. The maximum absolute atomic E-state index is 10.8. The smallest absolute Gasteiger partial charge is 0.303 e. The van der Waals surface area contributed by atoms with Gasteiger partial charge < -0.3 is 9.47 Å². The van der Waals surface area contributed by atoms with Gasteiger partial charge in [0.25, 0.3) is 0 Å². The van der Waals surface area contributed by atoms with Gasteiger partial charge in [0.1, 0.15) is 12.6 Å². The quantitative estimate of drug-likeness (QED) is 0.291. The molecule has 0 N–H and O–H groups in total. The Hall–Kier alpha value is -1.68. The first-order valence-electron chi connectivity index (χ1n) is 4.10. The molecule has 6 heteroatoms. The Bertz CT molecular complexity index is 309. The summed E-state index contributed by atoms with van der Waals surface area (Å²) in [5, 5.41) is 3.53. The minimum absolute atomic E-state index is 0.187. The molecule has 1 aliphatic heterocycles. The predicted octanol–water partition coefficient (Wildman–Crippen LogP) is 1.53. The van der Waals surface area contributed by atoms with Crippen molar-refractivity contribution in [1.29, 1.82) is 0 Å². The molecule has 0 aromatic heterocycles. The summed E-state index contributed by atoms with van der Waals surface area (Å²) in [4.78, 5) is 13.5. The molecule has 0 aromatic carbocycles. The minimum atomic E-state index is -0.910. The molecule has 0 aliphatic carbocycles. The Balaban J connectivity index is 2.87. The van der Waals surface area contributed by atoms with Crippen molar-refractivity contribution in [2.75, 3.05) is 6.61 Å². The highest BCUT2D eigenvalue weighted by Gasteiger charge is 2.38. The Kier molecular flexibility index (Phi) is 2.99. The summed E-state index contributed by atoms with van der Waals surface area (Å²) in [7, 11) is 0. The van der Waals surface area contributed by atoms with Crippen molar-refractivity contribution in [3.8, 4) is 0 Å². The molecule has 0 fully saturated rings. The number of ether oxygens (including phenoxy) is 2. The van der Waals surface area contributed by atoms with Crippen molar-refractivity contribution in [2.24, 2.45) is 5.11 Å². The van der Waals surface area contributed by atoms with Crippen LogP contribution in [0, 0.1) is 0 Å². The molecule has 0 aromatic rings. The molecule has 0 radical (unpaired) electrons. The second kappa shape index (κ2) is 4.02. The molecule has 1 aliphatic rings. The van der Waals surface area contributed by atoms with Crippen molar-refractivity contribution in [2.45, 2.75) is 25.5 Å². The van der Waals surface area contributed by atoms with Crippen LogP contribution in [0.3, 0.4) is 0 Å². The summed E-state index contributed by atoms with van der Waals surface area (Å²) in [5.74, 6) is -0.426. The number of hydrogen-bond donors (Lipinski definition) is 0. The van der Waals surface area contributed by atoms with Gasteiger partial charge in [-0.2, -0.15) is 0 Å². The third-order valence-corrected chi connectivity index (χ3v) is 1.91. The SMILES string of the molecule is CC(=O)OC1(C)COC=CC1N=[N+]=[N-]. The molecule has 1 rings (SSSR count). The summed E-state index contributed by atoms with van der Waals surface area (Å²) in [6.07, 6.45) is 3.00. The van der Waals surface area contributed by atoms with Gasteiger partial charge in [0, 0.05) is 11.8 Å². The van der Waals surface area contributed by atoms with Gasteiger partial charge in [0.2, 0.25) is 0 Å². The van der Waals surface area contributed by atoms with Crippen LogP contribution >= 0.6 is 0 Å². The van der Waals surface area contributed by atoms with Gasteiger partial charge in [-0.3, -0.25) is 4.79 Å². The standard InChI is InChI=1S/C8H11N3O3/c1-6(12)14-8(2)5-13-4-3-7(8)10-11-9/h3-4,7H,5H2,1-2H3. The van der Waals surface area contributed by atoms with E-state index in [0.29, 0.717) is 0 Å². The van der Waals surface area contributed by atoms with E-state index < -0.39 is 17.6 Å². The number of rotatable bonds is 2. The third kappa shape index (κ3) is 2.17. The lowest BCUT2D eigenvalue weighted by molar-refractivity contribution is -0.162. The van der Waals surface area contributed by atoms with Crippen molar-refractivity contribution in [3.63, 3.8) is 0 Å². The predicted molar refractivity (Wildman–Crippen MR) is 48.2 cm³/mol. The van der Waals surface area contributed by atoms with Gasteiger partial charge in [-0.05, 0) is 18.5 Å². The normalized spacial score (nSPS) is 30.0. The molecule has 0 amide bonds. The van der Waals surface area contributed by atoms with Crippen LogP contribution in [0.2, 0.25) is 0 Å². The lowest BCUT2D eigenvalue weighted by Crippen LogP contribution is -2.46.